The van der Waals surface area contributed by atoms with E-state index in [1.54, 1.807) is 12.1 Å². The lowest BCUT2D eigenvalue weighted by molar-refractivity contribution is 0.110. The minimum absolute atomic E-state index is 0.00325. The molecule has 2 aliphatic rings. The second kappa shape index (κ2) is 8.00. The van der Waals surface area contributed by atoms with Crippen LogP contribution in [-0.4, -0.2) is 40.7 Å². The summed E-state index contributed by atoms with van der Waals surface area (Å²) in [6.07, 6.45) is 2.14. The summed E-state index contributed by atoms with van der Waals surface area (Å²) in [4.78, 5) is 30.7. The molecule has 0 radical (unpaired) electrons. The number of benzene rings is 1. The van der Waals surface area contributed by atoms with Gasteiger partial charge >= 0.3 is 6.09 Å². The first kappa shape index (κ1) is 20.8. The summed E-state index contributed by atoms with van der Waals surface area (Å²) < 4.78 is 19.7. The van der Waals surface area contributed by atoms with E-state index in [4.69, 9.17) is 10.5 Å². The van der Waals surface area contributed by atoms with Gasteiger partial charge < -0.3 is 21.1 Å². The van der Waals surface area contributed by atoms with Crippen LogP contribution in [0, 0.1) is 5.82 Å². The van der Waals surface area contributed by atoms with Gasteiger partial charge in [-0.05, 0) is 24.5 Å². The number of hydrogen-bond donors (Lipinski definition) is 3. The lowest BCUT2D eigenvalue weighted by Crippen LogP contribution is -2.38. The molecular weight excluding hydrogens is 401 g/mol. The molecule has 0 bridgehead atoms. The van der Waals surface area contributed by atoms with Crippen molar-refractivity contribution in [1.29, 1.82) is 0 Å². The van der Waals surface area contributed by atoms with Crippen LogP contribution < -0.4 is 16.4 Å². The van der Waals surface area contributed by atoms with E-state index in [0.29, 0.717) is 36.6 Å². The Morgan fingerprint density at radius 2 is 2.19 bits per heavy atom. The number of fused-ring (bicyclic) bond motifs is 1. The van der Waals surface area contributed by atoms with Gasteiger partial charge in [-0.15, -0.1) is 0 Å². The van der Waals surface area contributed by atoms with E-state index in [2.05, 4.69) is 34.4 Å². The Balaban J connectivity index is 1.61. The molecule has 31 heavy (non-hydrogen) atoms. The summed E-state index contributed by atoms with van der Waals surface area (Å²) in [7, 11) is 0. The van der Waals surface area contributed by atoms with E-state index in [0.717, 1.165) is 23.7 Å². The van der Waals surface area contributed by atoms with Crippen molar-refractivity contribution in [2.24, 2.45) is 5.73 Å². The molecule has 4 N–H and O–H groups in total. The van der Waals surface area contributed by atoms with Crippen LogP contribution in [0.5, 0.6) is 0 Å². The number of nitrogens with two attached hydrogens (primary N) is 1. The summed E-state index contributed by atoms with van der Waals surface area (Å²) in [5.74, 6) is 1.70. The van der Waals surface area contributed by atoms with Crippen LogP contribution in [0.3, 0.4) is 0 Å². The third-order valence-electron chi connectivity index (χ3n) is 5.85. The zero-order chi connectivity index (χ0) is 22.2. The fourth-order valence-corrected chi connectivity index (χ4v) is 4.22. The molecule has 2 unspecified atom stereocenters. The maximum Gasteiger partial charge on any atom is 0.404 e. The van der Waals surface area contributed by atoms with Gasteiger partial charge in [0.25, 0.3) is 0 Å². The van der Waals surface area contributed by atoms with Crippen LogP contribution in [0.1, 0.15) is 44.2 Å². The molecule has 1 aromatic heterocycles. The fourth-order valence-electron chi connectivity index (χ4n) is 4.22. The van der Waals surface area contributed by atoms with Gasteiger partial charge in [-0.25, -0.2) is 23.9 Å². The number of amides is 1. The summed E-state index contributed by atoms with van der Waals surface area (Å²) >= 11 is 0. The Morgan fingerprint density at radius 3 is 2.94 bits per heavy atom. The molecule has 2 heterocycles. The number of anilines is 1. The molecule has 0 saturated heterocycles. The number of hydrogen-bond acceptors (Lipinski definition) is 7. The molecule has 1 aliphatic carbocycles. The minimum atomic E-state index is -0.788. The fraction of sp³-hybridized carbons (Fsp3) is 0.409. The molecule has 0 spiro atoms. The molecule has 2 aromatic rings. The van der Waals surface area contributed by atoms with Crippen molar-refractivity contribution in [3.63, 3.8) is 0 Å². The number of primary amides is 1. The molecule has 1 fully saturated rings. The Kier molecular flexibility index (Phi) is 5.37. The standard InChI is InChI=1S/C22H24FN5O3/c1-22(2)11-26-18(10-29)15-6-3-12(7-16(15)22)19-17(23)9-25-21(28-19)27-13-4-5-14(8-13)31-20(24)30/h3,6-7,9,13-14,26H,4-5,8,11H2,1-2H3,(H2,24,30)(H,25,27,28). The Morgan fingerprint density at radius 1 is 1.39 bits per heavy atom. The van der Waals surface area contributed by atoms with Crippen LogP contribution in [0.2, 0.25) is 0 Å². The van der Waals surface area contributed by atoms with E-state index in [9.17, 15) is 14.0 Å². The molecule has 1 saturated carbocycles. The van der Waals surface area contributed by atoms with Gasteiger partial charge in [0.05, 0.1) is 6.20 Å². The molecule has 162 valence electrons. The predicted molar refractivity (Wildman–Crippen MR) is 113 cm³/mol. The van der Waals surface area contributed by atoms with Crippen molar-refractivity contribution >= 4 is 23.7 Å². The highest BCUT2D eigenvalue weighted by molar-refractivity contribution is 5.89. The lowest BCUT2D eigenvalue weighted by Gasteiger charge is -2.34. The highest BCUT2D eigenvalue weighted by Gasteiger charge is 2.31. The van der Waals surface area contributed by atoms with Gasteiger partial charge in [-0.2, -0.15) is 0 Å². The zero-order valence-corrected chi connectivity index (χ0v) is 17.4. The first-order chi connectivity index (χ1) is 14.8. The lowest BCUT2D eigenvalue weighted by atomic mass is 9.77. The molecule has 1 aromatic carbocycles. The zero-order valence-electron chi connectivity index (χ0n) is 17.4. The normalized spacial score (nSPS) is 21.6. The second-order valence-electron chi connectivity index (χ2n) is 8.58. The van der Waals surface area contributed by atoms with Gasteiger partial charge in [0, 0.05) is 35.5 Å². The third-order valence-corrected chi connectivity index (χ3v) is 5.85. The predicted octanol–water partition coefficient (Wildman–Crippen LogP) is 2.76. The SMILES string of the molecule is CC1(C)CNC(=C=O)c2ccc(-c3nc(NC4CCC(OC(N)=O)C4)ncc3F)cc21. The van der Waals surface area contributed by atoms with E-state index in [1.807, 2.05) is 12.0 Å². The van der Waals surface area contributed by atoms with Crippen LogP contribution in [0.4, 0.5) is 15.1 Å². The van der Waals surface area contributed by atoms with Crippen molar-refractivity contribution in [3.05, 3.63) is 41.3 Å². The monoisotopic (exact) mass is 425 g/mol. The van der Waals surface area contributed by atoms with E-state index in [1.165, 1.54) is 0 Å². The van der Waals surface area contributed by atoms with Crippen LogP contribution in [0.15, 0.2) is 24.4 Å². The molecule has 2 atom stereocenters. The molecule has 9 heteroatoms. The van der Waals surface area contributed by atoms with Crippen molar-refractivity contribution in [2.45, 2.75) is 50.7 Å². The van der Waals surface area contributed by atoms with Crippen LogP contribution in [-0.2, 0) is 14.9 Å². The maximum absolute atomic E-state index is 14.6. The average molecular weight is 425 g/mol. The number of carbonyl (C=O) groups is 1. The smallest absolute Gasteiger partial charge is 0.404 e. The number of halogens is 1. The van der Waals surface area contributed by atoms with Gasteiger partial charge in [0.1, 0.15) is 17.5 Å². The third kappa shape index (κ3) is 4.22. The van der Waals surface area contributed by atoms with E-state index in [-0.39, 0.29) is 23.3 Å². The summed E-state index contributed by atoms with van der Waals surface area (Å²) in [5.41, 5.74) is 7.69. The number of nitrogens with zero attached hydrogens (tertiary/aromatic N) is 2. The van der Waals surface area contributed by atoms with Gasteiger partial charge in [0.15, 0.2) is 11.8 Å². The molecule has 1 amide bonds. The largest absolute Gasteiger partial charge is 0.446 e. The van der Waals surface area contributed by atoms with Crippen molar-refractivity contribution in [1.82, 2.24) is 15.3 Å². The van der Waals surface area contributed by atoms with Gasteiger partial charge in [-0.3, -0.25) is 0 Å². The Hall–Kier alpha value is -3.45. The van der Waals surface area contributed by atoms with Crippen LogP contribution >= 0.6 is 0 Å². The van der Waals surface area contributed by atoms with Crippen molar-refractivity contribution in [3.8, 4) is 11.3 Å². The molecule has 4 rings (SSSR count). The molecule has 8 nitrogen and oxygen atoms in total. The summed E-state index contributed by atoms with van der Waals surface area (Å²) in [6.45, 7) is 4.68. The number of aromatic nitrogens is 2. The van der Waals surface area contributed by atoms with Gasteiger partial charge in [-0.1, -0.05) is 26.0 Å². The highest BCUT2D eigenvalue weighted by atomic mass is 19.1. The van der Waals surface area contributed by atoms with Gasteiger partial charge in [0.2, 0.25) is 5.95 Å². The van der Waals surface area contributed by atoms with E-state index < -0.39 is 11.9 Å². The van der Waals surface area contributed by atoms with E-state index >= 15 is 0 Å². The average Bonchev–Trinajstić information content (AvgIpc) is 3.15. The number of rotatable bonds is 4. The minimum Gasteiger partial charge on any atom is -0.446 e. The highest BCUT2D eigenvalue weighted by Crippen LogP contribution is 2.36. The Bertz CT molecular complexity index is 1080. The summed E-state index contributed by atoms with van der Waals surface area (Å²) in [5, 5.41) is 6.28. The first-order valence-electron chi connectivity index (χ1n) is 10.2. The number of carbonyl (C=O) groups excluding carboxylic acids is 2. The first-order valence-corrected chi connectivity index (χ1v) is 10.2. The quantitative estimate of drug-likeness (QED) is 0.645. The Labute approximate surface area is 179 Å². The second-order valence-corrected chi connectivity index (χ2v) is 8.58. The van der Waals surface area contributed by atoms with Crippen LogP contribution in [0.25, 0.3) is 17.0 Å². The maximum atomic E-state index is 14.6. The number of nitrogens with one attached hydrogen (secondary N) is 2. The number of ether oxygens (including phenoxy) is 1. The molecule has 1 aliphatic heterocycles. The van der Waals surface area contributed by atoms with Crippen molar-refractivity contribution < 1.29 is 18.7 Å². The topological polar surface area (TPSA) is 119 Å². The summed E-state index contributed by atoms with van der Waals surface area (Å²) in [6, 6.07) is 5.39. The van der Waals surface area contributed by atoms with Crippen molar-refractivity contribution in [2.75, 3.05) is 11.9 Å². The molecular formula is C22H24FN5O3.